The van der Waals surface area contributed by atoms with E-state index in [-0.39, 0.29) is 17.5 Å². The maximum Gasteiger partial charge on any atom is 0.283 e. The van der Waals surface area contributed by atoms with Crippen molar-refractivity contribution >= 4 is 21.6 Å². The van der Waals surface area contributed by atoms with E-state index in [4.69, 9.17) is 0 Å². The molecule has 0 aliphatic heterocycles. The molecule has 0 fully saturated rings. The molecule has 0 saturated carbocycles. The molecule has 0 unspecified atom stereocenters. The highest BCUT2D eigenvalue weighted by molar-refractivity contribution is 9.10. The number of benzene rings is 2. The molecule has 1 N–H and O–H groups in total. The number of hydrogen-bond acceptors (Lipinski definition) is 3. The fourth-order valence-electron chi connectivity index (χ4n) is 1.98. The smallest absolute Gasteiger partial charge is 0.283 e. The van der Waals surface area contributed by atoms with E-state index >= 15 is 0 Å². The van der Waals surface area contributed by atoms with E-state index in [1.807, 2.05) is 13.0 Å². The summed E-state index contributed by atoms with van der Waals surface area (Å²) in [5, 5.41) is 14.2. The highest BCUT2D eigenvalue weighted by atomic mass is 79.9. The summed E-state index contributed by atoms with van der Waals surface area (Å²) in [7, 11) is 0. The van der Waals surface area contributed by atoms with Crippen molar-refractivity contribution in [3.63, 3.8) is 0 Å². The van der Waals surface area contributed by atoms with Crippen LogP contribution < -0.4 is 5.32 Å². The maximum atomic E-state index is 12.9. The Labute approximate surface area is 130 Å². The van der Waals surface area contributed by atoms with Gasteiger partial charge in [0.25, 0.3) is 5.69 Å². The molecule has 0 bridgehead atoms. The molecule has 0 aromatic heterocycles. The summed E-state index contributed by atoms with van der Waals surface area (Å²) in [6.45, 7) is 2.43. The van der Waals surface area contributed by atoms with Gasteiger partial charge in [0.1, 0.15) is 5.82 Å². The van der Waals surface area contributed by atoms with Gasteiger partial charge in [0.15, 0.2) is 0 Å². The second-order valence-corrected chi connectivity index (χ2v) is 5.45. The van der Waals surface area contributed by atoms with Crippen LogP contribution in [0.15, 0.2) is 46.9 Å². The third-order valence-electron chi connectivity index (χ3n) is 3.22. The number of nitrogens with zero attached hydrogens (tertiary/aromatic N) is 1. The van der Waals surface area contributed by atoms with Gasteiger partial charge in [-0.25, -0.2) is 4.39 Å². The molecule has 2 rings (SSSR count). The van der Waals surface area contributed by atoms with Gasteiger partial charge in [-0.2, -0.15) is 0 Å². The van der Waals surface area contributed by atoms with Crippen LogP contribution in [0.5, 0.6) is 0 Å². The van der Waals surface area contributed by atoms with E-state index in [0.29, 0.717) is 11.0 Å². The molecule has 0 aliphatic carbocycles. The number of hydrogen-bond donors (Lipinski definition) is 1. The van der Waals surface area contributed by atoms with Crippen molar-refractivity contribution in [1.29, 1.82) is 0 Å². The summed E-state index contributed by atoms with van der Waals surface area (Å²) in [5.74, 6) is -0.271. The summed E-state index contributed by atoms with van der Waals surface area (Å²) >= 11 is 3.27. The molecule has 4 nitrogen and oxygen atoms in total. The highest BCUT2D eigenvalue weighted by Gasteiger charge is 2.15. The van der Waals surface area contributed by atoms with Crippen molar-refractivity contribution in [3.8, 4) is 0 Å². The Bertz CT molecular complexity index is 647. The molecular weight excluding hydrogens is 339 g/mol. The van der Waals surface area contributed by atoms with Crippen LogP contribution in [-0.4, -0.2) is 4.92 Å². The van der Waals surface area contributed by atoms with Crippen LogP contribution in [0.2, 0.25) is 0 Å². The van der Waals surface area contributed by atoms with Gasteiger partial charge in [-0.15, -0.1) is 0 Å². The molecular formula is C15H14BrFN2O2. The normalized spacial score (nSPS) is 12.1. The Morgan fingerprint density at radius 3 is 2.57 bits per heavy atom. The summed E-state index contributed by atoms with van der Waals surface area (Å²) in [4.78, 5) is 10.5. The zero-order chi connectivity index (χ0) is 15.4. The van der Waals surface area contributed by atoms with E-state index in [1.54, 1.807) is 18.2 Å². The lowest BCUT2D eigenvalue weighted by Gasteiger charge is -2.15. The van der Waals surface area contributed by atoms with Crippen LogP contribution in [0.1, 0.15) is 24.1 Å². The van der Waals surface area contributed by atoms with Crippen LogP contribution >= 0.6 is 15.9 Å². The first kappa shape index (κ1) is 15.6. The molecule has 0 spiro atoms. The average molecular weight is 353 g/mol. The lowest BCUT2D eigenvalue weighted by Crippen LogP contribution is -2.18. The minimum absolute atomic E-state index is 0.0109. The van der Waals surface area contributed by atoms with Crippen LogP contribution in [-0.2, 0) is 6.54 Å². The van der Waals surface area contributed by atoms with Gasteiger partial charge >= 0.3 is 0 Å². The lowest BCUT2D eigenvalue weighted by atomic mass is 10.1. The number of halogens is 2. The maximum absolute atomic E-state index is 12.9. The third kappa shape index (κ3) is 3.86. The molecule has 0 amide bonds. The fraction of sp³-hybridized carbons (Fsp3) is 0.200. The number of rotatable bonds is 5. The SMILES string of the molecule is C[C@H](NCc1cccc([N+](=O)[O-])c1Br)c1ccc(F)cc1. The zero-order valence-corrected chi connectivity index (χ0v) is 12.9. The molecule has 21 heavy (non-hydrogen) atoms. The van der Waals surface area contributed by atoms with E-state index in [1.165, 1.54) is 18.2 Å². The first-order chi connectivity index (χ1) is 9.99. The summed E-state index contributed by atoms with van der Waals surface area (Å²) in [5.41, 5.74) is 1.81. The first-order valence-corrected chi connectivity index (χ1v) is 7.19. The number of nitro groups is 1. The molecule has 0 aliphatic rings. The van der Waals surface area contributed by atoms with Gasteiger partial charge in [0, 0.05) is 18.7 Å². The van der Waals surface area contributed by atoms with Gasteiger partial charge in [-0.3, -0.25) is 10.1 Å². The van der Waals surface area contributed by atoms with Crippen molar-refractivity contribution in [2.24, 2.45) is 0 Å². The minimum Gasteiger partial charge on any atom is -0.306 e. The van der Waals surface area contributed by atoms with Crippen molar-refractivity contribution in [3.05, 3.63) is 74.0 Å². The Balaban J connectivity index is 2.08. The van der Waals surface area contributed by atoms with Crippen molar-refractivity contribution in [1.82, 2.24) is 5.32 Å². The highest BCUT2D eigenvalue weighted by Crippen LogP contribution is 2.28. The molecule has 2 aromatic rings. The van der Waals surface area contributed by atoms with E-state index < -0.39 is 4.92 Å². The second-order valence-electron chi connectivity index (χ2n) is 4.66. The fourth-order valence-corrected chi connectivity index (χ4v) is 2.53. The van der Waals surface area contributed by atoms with E-state index in [0.717, 1.165) is 11.1 Å². The van der Waals surface area contributed by atoms with Crippen LogP contribution in [0.25, 0.3) is 0 Å². The largest absolute Gasteiger partial charge is 0.306 e. The second kappa shape index (κ2) is 6.78. The number of nitrogens with one attached hydrogen (secondary N) is 1. The monoisotopic (exact) mass is 352 g/mol. The standard InChI is InChI=1S/C15H14BrFN2O2/c1-10(11-5-7-13(17)8-6-11)18-9-12-3-2-4-14(15(12)16)19(20)21/h2-8,10,18H,9H2,1H3/t10-/m0/s1. The first-order valence-electron chi connectivity index (χ1n) is 6.39. The predicted octanol–water partition coefficient (Wildman–Crippen LogP) is 4.35. The predicted molar refractivity (Wildman–Crippen MR) is 82.5 cm³/mol. The van der Waals surface area contributed by atoms with Gasteiger partial charge in [-0.05, 0) is 46.1 Å². The minimum atomic E-state index is -0.420. The van der Waals surface area contributed by atoms with Crippen LogP contribution in [0, 0.1) is 15.9 Å². The number of nitro benzene ring substituents is 1. The Hall–Kier alpha value is -1.79. The average Bonchev–Trinajstić information content (AvgIpc) is 2.46. The van der Waals surface area contributed by atoms with Gasteiger partial charge in [0.05, 0.1) is 9.40 Å². The van der Waals surface area contributed by atoms with E-state index in [2.05, 4.69) is 21.2 Å². The quantitative estimate of drug-likeness (QED) is 0.642. The van der Waals surface area contributed by atoms with Gasteiger partial charge < -0.3 is 5.32 Å². The van der Waals surface area contributed by atoms with Crippen molar-refractivity contribution in [2.75, 3.05) is 0 Å². The van der Waals surface area contributed by atoms with Crippen LogP contribution in [0.3, 0.4) is 0 Å². The Kier molecular flexibility index (Phi) is 5.03. The molecule has 0 saturated heterocycles. The Morgan fingerprint density at radius 1 is 1.29 bits per heavy atom. The zero-order valence-electron chi connectivity index (χ0n) is 11.3. The third-order valence-corrected chi connectivity index (χ3v) is 4.14. The summed E-state index contributed by atoms with van der Waals surface area (Å²) < 4.78 is 13.4. The molecule has 0 radical (unpaired) electrons. The molecule has 0 heterocycles. The Morgan fingerprint density at radius 2 is 1.95 bits per heavy atom. The van der Waals surface area contributed by atoms with Crippen LogP contribution in [0.4, 0.5) is 10.1 Å². The topological polar surface area (TPSA) is 55.2 Å². The molecule has 6 heteroatoms. The van der Waals surface area contributed by atoms with Crippen molar-refractivity contribution < 1.29 is 9.31 Å². The lowest BCUT2D eigenvalue weighted by molar-refractivity contribution is -0.385. The molecule has 110 valence electrons. The molecule has 2 aromatic carbocycles. The van der Waals surface area contributed by atoms with Crippen molar-refractivity contribution in [2.45, 2.75) is 19.5 Å². The molecule has 1 atom stereocenters. The summed E-state index contributed by atoms with van der Waals surface area (Å²) in [6.07, 6.45) is 0. The van der Waals surface area contributed by atoms with E-state index in [9.17, 15) is 14.5 Å². The van der Waals surface area contributed by atoms with Gasteiger partial charge in [0.2, 0.25) is 0 Å². The van der Waals surface area contributed by atoms with Gasteiger partial charge in [-0.1, -0.05) is 24.3 Å². The summed E-state index contributed by atoms with van der Waals surface area (Å²) in [6, 6.07) is 11.2.